The normalized spacial score (nSPS) is 15.6. The van der Waals surface area contributed by atoms with Gasteiger partial charge in [0.05, 0.1) is 7.11 Å². The van der Waals surface area contributed by atoms with Gasteiger partial charge in [-0.2, -0.15) is 0 Å². The highest BCUT2D eigenvalue weighted by Gasteiger charge is 2.23. The van der Waals surface area contributed by atoms with E-state index in [9.17, 15) is 9.59 Å². The van der Waals surface area contributed by atoms with Crippen LogP contribution in [0.2, 0.25) is 0 Å². The molecule has 1 fully saturated rings. The monoisotopic (exact) mass is 404 g/mol. The standard InChI is InChI=1S/C25H28N2O3/c1-30-23-11-5-9-22(17-23)18-26-24(28)14-12-21-10-6-16-27(19-21)25(29)15-13-20-7-3-2-4-8-20/h2-5,7-9,11,17,21H,6,10,12,14,16,18-19H2,1H3,(H,26,28)/t21-/m1/s1. The molecule has 0 radical (unpaired) electrons. The summed E-state index contributed by atoms with van der Waals surface area (Å²) in [6.45, 7) is 1.90. The molecule has 156 valence electrons. The molecule has 1 N–H and O–H groups in total. The summed E-state index contributed by atoms with van der Waals surface area (Å²) in [5.41, 5.74) is 1.85. The van der Waals surface area contributed by atoms with Gasteiger partial charge in [0.25, 0.3) is 5.91 Å². The van der Waals surface area contributed by atoms with E-state index in [-0.39, 0.29) is 11.8 Å². The number of nitrogens with zero attached hydrogens (tertiary/aromatic N) is 1. The Kier molecular flexibility index (Phi) is 7.91. The molecule has 0 saturated carbocycles. The molecular formula is C25H28N2O3. The molecule has 3 rings (SSSR count). The maximum atomic E-state index is 12.4. The van der Waals surface area contributed by atoms with Crippen molar-refractivity contribution < 1.29 is 14.3 Å². The number of nitrogens with one attached hydrogen (secondary N) is 1. The van der Waals surface area contributed by atoms with Gasteiger partial charge in [0.2, 0.25) is 5.91 Å². The maximum Gasteiger partial charge on any atom is 0.298 e. The number of hydrogen-bond acceptors (Lipinski definition) is 3. The van der Waals surface area contributed by atoms with Crippen LogP contribution in [0.4, 0.5) is 0 Å². The van der Waals surface area contributed by atoms with Gasteiger partial charge in [0.1, 0.15) is 5.75 Å². The fraction of sp³-hybridized carbons (Fsp3) is 0.360. The van der Waals surface area contributed by atoms with Crippen molar-refractivity contribution in [2.45, 2.75) is 32.2 Å². The Hall–Kier alpha value is -3.26. The lowest BCUT2D eigenvalue weighted by Crippen LogP contribution is -2.39. The first-order chi connectivity index (χ1) is 14.6. The predicted molar refractivity (Wildman–Crippen MR) is 117 cm³/mol. The molecule has 5 heteroatoms. The van der Waals surface area contributed by atoms with E-state index in [1.54, 1.807) is 7.11 Å². The molecule has 0 unspecified atom stereocenters. The summed E-state index contributed by atoms with van der Waals surface area (Å²) in [5.74, 6) is 6.70. The first-order valence-corrected chi connectivity index (χ1v) is 10.4. The van der Waals surface area contributed by atoms with Gasteiger partial charge in [-0.1, -0.05) is 36.3 Å². The number of piperidine rings is 1. The summed E-state index contributed by atoms with van der Waals surface area (Å²) in [6.07, 6.45) is 3.24. The van der Waals surface area contributed by atoms with Crippen LogP contribution >= 0.6 is 0 Å². The van der Waals surface area contributed by atoms with E-state index in [1.165, 1.54) is 0 Å². The van der Waals surface area contributed by atoms with Gasteiger partial charge in [-0.3, -0.25) is 9.59 Å². The number of amides is 2. The van der Waals surface area contributed by atoms with Crippen LogP contribution in [0.25, 0.3) is 0 Å². The summed E-state index contributed by atoms with van der Waals surface area (Å²) in [7, 11) is 1.63. The van der Waals surface area contributed by atoms with Gasteiger partial charge in [0.15, 0.2) is 0 Å². The molecule has 0 aliphatic carbocycles. The third-order valence-electron chi connectivity index (χ3n) is 5.30. The number of carbonyl (C=O) groups is 2. The van der Waals surface area contributed by atoms with Crippen LogP contribution in [0, 0.1) is 17.8 Å². The van der Waals surface area contributed by atoms with Crippen LogP contribution in [-0.2, 0) is 16.1 Å². The summed E-state index contributed by atoms with van der Waals surface area (Å²) < 4.78 is 5.21. The second-order valence-electron chi connectivity index (χ2n) is 7.54. The van der Waals surface area contributed by atoms with Crippen molar-refractivity contribution in [3.63, 3.8) is 0 Å². The smallest absolute Gasteiger partial charge is 0.298 e. The summed E-state index contributed by atoms with van der Waals surface area (Å²) >= 11 is 0. The van der Waals surface area contributed by atoms with Crippen molar-refractivity contribution in [3.05, 3.63) is 65.7 Å². The predicted octanol–water partition coefficient (Wildman–Crippen LogP) is 3.38. The number of rotatable bonds is 6. The van der Waals surface area contributed by atoms with Crippen molar-refractivity contribution in [2.75, 3.05) is 20.2 Å². The van der Waals surface area contributed by atoms with Gasteiger partial charge in [-0.15, -0.1) is 0 Å². The largest absolute Gasteiger partial charge is 0.497 e. The van der Waals surface area contributed by atoms with E-state index in [2.05, 4.69) is 17.2 Å². The minimum atomic E-state index is -0.133. The first-order valence-electron chi connectivity index (χ1n) is 10.4. The van der Waals surface area contributed by atoms with Crippen molar-refractivity contribution in [2.24, 2.45) is 5.92 Å². The van der Waals surface area contributed by atoms with Crippen LogP contribution in [0.1, 0.15) is 36.8 Å². The fourth-order valence-electron chi connectivity index (χ4n) is 3.62. The third-order valence-corrected chi connectivity index (χ3v) is 5.30. The van der Waals surface area contributed by atoms with Gasteiger partial charge >= 0.3 is 0 Å². The quantitative estimate of drug-likeness (QED) is 0.751. The average molecular weight is 405 g/mol. The number of likely N-dealkylation sites (tertiary alicyclic amines) is 1. The zero-order chi connectivity index (χ0) is 21.2. The molecule has 0 spiro atoms. The zero-order valence-electron chi connectivity index (χ0n) is 17.4. The lowest BCUT2D eigenvalue weighted by atomic mass is 9.93. The van der Waals surface area contributed by atoms with Gasteiger partial charge in [-0.05, 0) is 55.0 Å². The molecule has 1 aliphatic rings. The molecule has 1 aliphatic heterocycles. The van der Waals surface area contributed by atoms with Crippen LogP contribution in [0.15, 0.2) is 54.6 Å². The number of hydrogen-bond donors (Lipinski definition) is 1. The van der Waals surface area contributed by atoms with Crippen molar-refractivity contribution >= 4 is 11.8 Å². The van der Waals surface area contributed by atoms with E-state index in [0.717, 1.165) is 42.7 Å². The third kappa shape index (κ3) is 6.66. The molecule has 2 aromatic carbocycles. The second kappa shape index (κ2) is 11.1. The van der Waals surface area contributed by atoms with E-state index in [1.807, 2.05) is 59.5 Å². The Balaban J connectivity index is 1.42. The molecular weight excluding hydrogens is 376 g/mol. The van der Waals surface area contributed by atoms with E-state index < -0.39 is 0 Å². The summed E-state index contributed by atoms with van der Waals surface area (Å²) in [5, 5.41) is 2.96. The molecule has 2 aromatic rings. The Morgan fingerprint density at radius 2 is 2.00 bits per heavy atom. The molecule has 2 amide bonds. The average Bonchev–Trinajstić information content (AvgIpc) is 2.81. The minimum Gasteiger partial charge on any atom is -0.497 e. The highest BCUT2D eigenvalue weighted by Crippen LogP contribution is 2.21. The number of benzene rings is 2. The molecule has 5 nitrogen and oxygen atoms in total. The van der Waals surface area contributed by atoms with Crippen molar-refractivity contribution in [3.8, 4) is 17.6 Å². The van der Waals surface area contributed by atoms with E-state index in [0.29, 0.717) is 25.4 Å². The highest BCUT2D eigenvalue weighted by atomic mass is 16.5. The van der Waals surface area contributed by atoms with E-state index in [4.69, 9.17) is 4.74 Å². The van der Waals surface area contributed by atoms with Crippen LogP contribution in [0.5, 0.6) is 5.75 Å². The molecule has 0 aromatic heterocycles. The van der Waals surface area contributed by atoms with Crippen LogP contribution in [-0.4, -0.2) is 36.9 Å². The van der Waals surface area contributed by atoms with Crippen molar-refractivity contribution in [1.29, 1.82) is 0 Å². The van der Waals surface area contributed by atoms with Gasteiger partial charge < -0.3 is 15.0 Å². The topological polar surface area (TPSA) is 58.6 Å². The van der Waals surface area contributed by atoms with Crippen LogP contribution in [0.3, 0.4) is 0 Å². The molecule has 1 atom stereocenters. The van der Waals surface area contributed by atoms with Gasteiger partial charge in [0, 0.05) is 37.5 Å². The van der Waals surface area contributed by atoms with Gasteiger partial charge in [-0.25, -0.2) is 0 Å². The molecule has 1 saturated heterocycles. The second-order valence-corrected chi connectivity index (χ2v) is 7.54. The fourth-order valence-corrected chi connectivity index (χ4v) is 3.62. The Morgan fingerprint density at radius 3 is 2.80 bits per heavy atom. The molecule has 30 heavy (non-hydrogen) atoms. The summed E-state index contributed by atoms with van der Waals surface area (Å²) in [6, 6.07) is 17.2. The van der Waals surface area contributed by atoms with Crippen LogP contribution < -0.4 is 10.1 Å². The summed E-state index contributed by atoms with van der Waals surface area (Å²) in [4.78, 5) is 26.5. The number of ether oxygens (including phenoxy) is 1. The molecule has 0 bridgehead atoms. The Bertz CT molecular complexity index is 915. The minimum absolute atomic E-state index is 0.0325. The Labute approximate surface area is 178 Å². The SMILES string of the molecule is COc1cccc(CNC(=O)CC[C@H]2CCCN(C(=O)C#Cc3ccccc3)C2)c1. The zero-order valence-corrected chi connectivity index (χ0v) is 17.4. The Morgan fingerprint density at radius 1 is 1.17 bits per heavy atom. The lowest BCUT2D eigenvalue weighted by Gasteiger charge is -2.31. The highest BCUT2D eigenvalue weighted by molar-refractivity contribution is 5.94. The first kappa shape index (κ1) is 21.4. The maximum absolute atomic E-state index is 12.4. The number of methoxy groups -OCH3 is 1. The lowest BCUT2D eigenvalue weighted by molar-refractivity contribution is -0.126. The number of carbonyl (C=O) groups excluding carboxylic acids is 2. The van der Waals surface area contributed by atoms with Crippen molar-refractivity contribution in [1.82, 2.24) is 10.2 Å². The molecule has 1 heterocycles. The van der Waals surface area contributed by atoms with E-state index >= 15 is 0 Å².